The van der Waals surface area contributed by atoms with E-state index in [1.54, 1.807) is 4.90 Å². The smallest absolute Gasteiger partial charge is 0.318 e. The average molecular weight is 447 g/mol. The van der Waals surface area contributed by atoms with Crippen LogP contribution in [0.5, 0.6) is 0 Å². The number of rotatable bonds is 6. The summed E-state index contributed by atoms with van der Waals surface area (Å²) in [5.41, 5.74) is 0. The van der Waals surface area contributed by atoms with Crippen LogP contribution in [-0.4, -0.2) is 81.6 Å². The third-order valence-corrected chi connectivity index (χ3v) is 7.02. The molecule has 3 heterocycles. The molecule has 9 heteroatoms. The summed E-state index contributed by atoms with van der Waals surface area (Å²) in [7, 11) is 0. The summed E-state index contributed by atoms with van der Waals surface area (Å²) in [5, 5.41) is 7.06. The van der Waals surface area contributed by atoms with E-state index in [4.69, 9.17) is 4.52 Å². The molecule has 1 aromatic rings. The Morgan fingerprint density at radius 2 is 1.78 bits per heavy atom. The number of carbonyl (C=O) groups is 2. The number of aryl methyl sites for hydroxylation is 1. The Kier molecular flexibility index (Phi) is 7.65. The van der Waals surface area contributed by atoms with Gasteiger partial charge in [0.15, 0.2) is 5.82 Å². The second-order valence-corrected chi connectivity index (χ2v) is 9.71. The van der Waals surface area contributed by atoms with Crippen LogP contribution in [0.3, 0.4) is 0 Å². The number of nitrogens with zero attached hydrogens (tertiary/aromatic N) is 5. The molecule has 3 fully saturated rings. The van der Waals surface area contributed by atoms with E-state index in [-0.39, 0.29) is 24.0 Å². The highest BCUT2D eigenvalue weighted by atomic mass is 16.5. The number of carbonyl (C=O) groups excluding carboxylic acids is 2. The quantitative estimate of drug-likeness (QED) is 0.722. The maximum Gasteiger partial charge on any atom is 0.318 e. The molecule has 1 unspecified atom stereocenters. The maximum absolute atomic E-state index is 12.7. The van der Waals surface area contributed by atoms with Crippen molar-refractivity contribution in [2.75, 3.05) is 32.7 Å². The molecule has 32 heavy (non-hydrogen) atoms. The van der Waals surface area contributed by atoms with Crippen molar-refractivity contribution in [2.45, 2.75) is 89.8 Å². The van der Waals surface area contributed by atoms with Crippen molar-refractivity contribution in [3.8, 4) is 0 Å². The standard InChI is InChI=1S/C23H38N6O3/c1-17(2)24-23(31)29-12-6-9-19(29)22-25-20(32-26-22)10-11-21(30)28-15-13-27(14-16-28)18-7-4-3-5-8-18/h17-19H,3-16H2,1-2H3,(H,24,31). The summed E-state index contributed by atoms with van der Waals surface area (Å²) in [4.78, 5) is 36.0. The molecule has 0 bridgehead atoms. The number of hydrogen-bond acceptors (Lipinski definition) is 6. The van der Waals surface area contributed by atoms with Crippen LogP contribution < -0.4 is 5.32 Å². The van der Waals surface area contributed by atoms with Gasteiger partial charge in [-0.3, -0.25) is 9.69 Å². The molecule has 0 spiro atoms. The average Bonchev–Trinajstić information content (AvgIpc) is 3.47. The Bertz CT molecular complexity index is 768. The van der Waals surface area contributed by atoms with Gasteiger partial charge >= 0.3 is 6.03 Å². The second kappa shape index (κ2) is 10.6. The van der Waals surface area contributed by atoms with Crippen LogP contribution >= 0.6 is 0 Å². The normalized spacial score (nSPS) is 23.2. The second-order valence-electron chi connectivity index (χ2n) is 9.71. The van der Waals surface area contributed by atoms with Gasteiger partial charge < -0.3 is 19.6 Å². The largest absolute Gasteiger partial charge is 0.340 e. The number of aromatic nitrogens is 2. The Hall–Kier alpha value is -2.16. The van der Waals surface area contributed by atoms with Crippen molar-refractivity contribution >= 4 is 11.9 Å². The lowest BCUT2D eigenvalue weighted by Crippen LogP contribution is -2.52. The topological polar surface area (TPSA) is 94.8 Å². The van der Waals surface area contributed by atoms with E-state index < -0.39 is 0 Å². The minimum Gasteiger partial charge on any atom is -0.340 e. The van der Waals surface area contributed by atoms with Crippen LogP contribution in [0.4, 0.5) is 4.79 Å². The van der Waals surface area contributed by atoms with Crippen LogP contribution in [0.1, 0.15) is 83.0 Å². The van der Waals surface area contributed by atoms with Gasteiger partial charge in [0, 0.05) is 57.6 Å². The monoisotopic (exact) mass is 446 g/mol. The Morgan fingerprint density at radius 3 is 2.50 bits per heavy atom. The van der Waals surface area contributed by atoms with E-state index in [9.17, 15) is 9.59 Å². The van der Waals surface area contributed by atoms with E-state index in [0.29, 0.717) is 31.1 Å². The molecule has 0 aromatic carbocycles. The van der Waals surface area contributed by atoms with E-state index in [1.807, 2.05) is 18.7 Å². The molecule has 1 saturated carbocycles. The minimum atomic E-state index is -0.158. The van der Waals surface area contributed by atoms with E-state index >= 15 is 0 Å². The summed E-state index contributed by atoms with van der Waals surface area (Å²) >= 11 is 0. The van der Waals surface area contributed by atoms with Gasteiger partial charge in [-0.2, -0.15) is 4.98 Å². The lowest BCUT2D eigenvalue weighted by Gasteiger charge is -2.40. The SMILES string of the molecule is CC(C)NC(=O)N1CCCC1c1noc(CCC(=O)N2CCN(C3CCCCC3)CC2)n1. The van der Waals surface area contributed by atoms with Crippen molar-refractivity contribution in [3.63, 3.8) is 0 Å². The van der Waals surface area contributed by atoms with Crippen LogP contribution in [0.25, 0.3) is 0 Å². The van der Waals surface area contributed by atoms with E-state index in [2.05, 4.69) is 20.4 Å². The van der Waals surface area contributed by atoms with Gasteiger partial charge in [0.05, 0.1) is 6.04 Å². The van der Waals surface area contributed by atoms with Crippen molar-refractivity contribution < 1.29 is 14.1 Å². The summed E-state index contributed by atoms with van der Waals surface area (Å²) < 4.78 is 5.42. The van der Waals surface area contributed by atoms with Crippen LogP contribution in [-0.2, 0) is 11.2 Å². The van der Waals surface area contributed by atoms with Gasteiger partial charge in [0.2, 0.25) is 11.8 Å². The number of amides is 3. The maximum atomic E-state index is 12.7. The minimum absolute atomic E-state index is 0.0834. The summed E-state index contributed by atoms with van der Waals surface area (Å²) in [6, 6.07) is 0.557. The van der Waals surface area contributed by atoms with Crippen LogP contribution in [0.2, 0.25) is 0 Å². The Morgan fingerprint density at radius 1 is 1.03 bits per heavy atom. The molecule has 3 aliphatic rings. The first-order valence-electron chi connectivity index (χ1n) is 12.4. The third kappa shape index (κ3) is 5.60. The van der Waals surface area contributed by atoms with Gasteiger partial charge in [-0.1, -0.05) is 24.4 Å². The molecular weight excluding hydrogens is 408 g/mol. The predicted octanol–water partition coefficient (Wildman–Crippen LogP) is 2.73. The molecule has 4 rings (SSSR count). The Labute approximate surface area is 190 Å². The van der Waals surface area contributed by atoms with Crippen molar-refractivity contribution in [3.05, 3.63) is 11.7 Å². The summed E-state index contributed by atoms with van der Waals surface area (Å²) in [6.07, 6.45) is 9.26. The zero-order valence-electron chi connectivity index (χ0n) is 19.6. The molecule has 2 saturated heterocycles. The van der Waals surface area contributed by atoms with E-state index in [1.165, 1.54) is 32.1 Å². The first-order chi connectivity index (χ1) is 15.5. The van der Waals surface area contributed by atoms with Gasteiger partial charge in [-0.05, 0) is 39.5 Å². The third-order valence-electron chi connectivity index (χ3n) is 7.02. The molecule has 1 aromatic heterocycles. The fourth-order valence-electron chi connectivity index (χ4n) is 5.27. The summed E-state index contributed by atoms with van der Waals surface area (Å²) in [6.45, 7) is 8.18. The number of hydrogen-bond donors (Lipinski definition) is 1. The molecule has 9 nitrogen and oxygen atoms in total. The van der Waals surface area contributed by atoms with Crippen molar-refractivity contribution in [2.24, 2.45) is 0 Å². The molecule has 1 N–H and O–H groups in total. The molecule has 1 atom stereocenters. The zero-order chi connectivity index (χ0) is 22.5. The van der Waals surface area contributed by atoms with Crippen molar-refractivity contribution in [1.82, 2.24) is 30.2 Å². The predicted molar refractivity (Wildman–Crippen MR) is 120 cm³/mol. The molecule has 178 valence electrons. The summed E-state index contributed by atoms with van der Waals surface area (Å²) in [5.74, 6) is 1.18. The number of piperazine rings is 1. The van der Waals surface area contributed by atoms with E-state index in [0.717, 1.165) is 45.1 Å². The Balaban J connectivity index is 1.23. The highest BCUT2D eigenvalue weighted by Gasteiger charge is 2.34. The van der Waals surface area contributed by atoms with Gasteiger partial charge in [0.1, 0.15) is 0 Å². The van der Waals surface area contributed by atoms with Crippen molar-refractivity contribution in [1.29, 1.82) is 0 Å². The molecule has 2 aliphatic heterocycles. The fourth-order valence-corrected chi connectivity index (χ4v) is 5.27. The van der Waals surface area contributed by atoms with Gasteiger partial charge in [0.25, 0.3) is 0 Å². The van der Waals surface area contributed by atoms with Crippen LogP contribution in [0, 0.1) is 0 Å². The van der Waals surface area contributed by atoms with Gasteiger partial charge in [-0.15, -0.1) is 0 Å². The molecule has 0 radical (unpaired) electrons. The number of nitrogens with one attached hydrogen (secondary N) is 1. The number of likely N-dealkylation sites (tertiary alicyclic amines) is 1. The zero-order valence-corrected chi connectivity index (χ0v) is 19.6. The first-order valence-corrected chi connectivity index (χ1v) is 12.4. The lowest BCUT2D eigenvalue weighted by molar-refractivity contribution is -0.133. The highest BCUT2D eigenvalue weighted by Crippen LogP contribution is 2.30. The lowest BCUT2D eigenvalue weighted by atomic mass is 9.94. The van der Waals surface area contributed by atoms with Gasteiger partial charge in [-0.25, -0.2) is 4.79 Å². The number of urea groups is 1. The first kappa shape index (κ1) is 23.0. The molecular formula is C23H38N6O3. The van der Waals surface area contributed by atoms with Crippen LogP contribution in [0.15, 0.2) is 4.52 Å². The molecule has 1 aliphatic carbocycles. The fraction of sp³-hybridized carbons (Fsp3) is 0.826. The molecule has 3 amide bonds. The highest BCUT2D eigenvalue weighted by molar-refractivity contribution is 5.76.